The summed E-state index contributed by atoms with van der Waals surface area (Å²) in [6, 6.07) is 7.70. The van der Waals surface area contributed by atoms with E-state index < -0.39 is 0 Å². The van der Waals surface area contributed by atoms with Gasteiger partial charge in [0.25, 0.3) is 5.91 Å². The third-order valence-corrected chi connectivity index (χ3v) is 3.16. The number of amides is 1. The number of hydrogen-bond donors (Lipinski definition) is 1. The minimum atomic E-state index is 0.0505. The van der Waals surface area contributed by atoms with Gasteiger partial charge in [-0.15, -0.1) is 0 Å². The van der Waals surface area contributed by atoms with Crippen molar-refractivity contribution in [2.24, 2.45) is 0 Å². The summed E-state index contributed by atoms with van der Waals surface area (Å²) in [4.78, 5) is 13.6. The number of carbonyl (C=O) groups excluding carboxylic acids is 1. The SMILES string of the molecule is O=C1COc2ccccc2N1CCCCCS. The van der Waals surface area contributed by atoms with Crippen molar-refractivity contribution < 1.29 is 9.53 Å². The molecule has 0 atom stereocenters. The monoisotopic (exact) mass is 251 g/mol. The number of benzene rings is 1. The lowest BCUT2D eigenvalue weighted by Crippen LogP contribution is -2.39. The van der Waals surface area contributed by atoms with E-state index in [1.165, 1.54) is 0 Å². The second-order valence-electron chi connectivity index (χ2n) is 4.09. The summed E-state index contributed by atoms with van der Waals surface area (Å²) in [5.41, 5.74) is 0.898. The molecule has 0 spiro atoms. The molecular formula is C13H17NO2S. The molecule has 4 heteroatoms. The molecule has 3 nitrogen and oxygen atoms in total. The Morgan fingerprint density at radius 2 is 2.06 bits per heavy atom. The van der Waals surface area contributed by atoms with E-state index in [1.807, 2.05) is 29.2 Å². The molecule has 1 heterocycles. The van der Waals surface area contributed by atoms with E-state index in [2.05, 4.69) is 12.6 Å². The first kappa shape index (κ1) is 12.3. The van der Waals surface area contributed by atoms with E-state index in [4.69, 9.17) is 4.74 Å². The third-order valence-electron chi connectivity index (χ3n) is 2.85. The number of nitrogens with zero attached hydrogens (tertiary/aromatic N) is 1. The first-order chi connectivity index (χ1) is 8.33. The zero-order chi connectivity index (χ0) is 12.1. The smallest absolute Gasteiger partial charge is 0.265 e. The van der Waals surface area contributed by atoms with Crippen LogP contribution in [-0.4, -0.2) is 24.8 Å². The first-order valence-corrected chi connectivity index (χ1v) is 6.59. The van der Waals surface area contributed by atoms with Crippen molar-refractivity contribution in [1.29, 1.82) is 0 Å². The summed E-state index contributed by atoms with van der Waals surface area (Å²) in [5.74, 6) is 1.77. The van der Waals surface area contributed by atoms with Gasteiger partial charge in [-0.25, -0.2) is 0 Å². The van der Waals surface area contributed by atoms with Gasteiger partial charge in [-0.2, -0.15) is 12.6 Å². The predicted molar refractivity (Wildman–Crippen MR) is 72.0 cm³/mol. The quantitative estimate of drug-likeness (QED) is 0.643. The van der Waals surface area contributed by atoms with Gasteiger partial charge in [0.1, 0.15) is 5.75 Å². The van der Waals surface area contributed by atoms with Gasteiger partial charge < -0.3 is 9.64 Å². The predicted octanol–water partition coefficient (Wildman–Crippen LogP) is 2.51. The highest BCUT2D eigenvalue weighted by atomic mass is 32.1. The molecule has 1 aliphatic heterocycles. The highest BCUT2D eigenvalue weighted by molar-refractivity contribution is 7.80. The fraction of sp³-hybridized carbons (Fsp3) is 0.462. The van der Waals surface area contributed by atoms with Crippen LogP contribution in [0.5, 0.6) is 5.75 Å². The van der Waals surface area contributed by atoms with E-state index >= 15 is 0 Å². The molecule has 17 heavy (non-hydrogen) atoms. The van der Waals surface area contributed by atoms with Crippen molar-refractivity contribution in [2.75, 3.05) is 23.8 Å². The molecule has 0 aliphatic carbocycles. The first-order valence-electron chi connectivity index (χ1n) is 5.96. The highest BCUT2D eigenvalue weighted by Crippen LogP contribution is 2.31. The van der Waals surface area contributed by atoms with Gasteiger partial charge in [0.15, 0.2) is 6.61 Å². The Balaban J connectivity index is 2.02. The van der Waals surface area contributed by atoms with Crippen molar-refractivity contribution >= 4 is 24.2 Å². The Hall–Kier alpha value is -1.16. The molecule has 92 valence electrons. The molecule has 0 bridgehead atoms. The third kappa shape index (κ3) is 2.94. The van der Waals surface area contributed by atoms with Gasteiger partial charge in [0.05, 0.1) is 5.69 Å². The van der Waals surface area contributed by atoms with Crippen LogP contribution in [0.1, 0.15) is 19.3 Å². The van der Waals surface area contributed by atoms with Crippen molar-refractivity contribution in [3.8, 4) is 5.75 Å². The molecule has 1 aromatic rings. The fourth-order valence-electron chi connectivity index (χ4n) is 1.96. The second-order valence-corrected chi connectivity index (χ2v) is 4.53. The molecule has 1 aliphatic rings. The van der Waals surface area contributed by atoms with E-state index in [0.717, 1.165) is 43.0 Å². The fourth-order valence-corrected chi connectivity index (χ4v) is 2.18. The lowest BCUT2D eigenvalue weighted by atomic mass is 10.2. The van der Waals surface area contributed by atoms with Gasteiger partial charge in [-0.05, 0) is 30.7 Å². The average molecular weight is 251 g/mol. The topological polar surface area (TPSA) is 29.5 Å². The summed E-state index contributed by atoms with van der Waals surface area (Å²) in [7, 11) is 0. The number of unbranched alkanes of at least 4 members (excludes halogenated alkanes) is 2. The second kappa shape index (κ2) is 5.96. The Labute approximate surface area is 107 Å². The molecule has 0 radical (unpaired) electrons. The van der Waals surface area contributed by atoms with Gasteiger partial charge in [0, 0.05) is 6.54 Å². The Kier molecular flexibility index (Phi) is 4.31. The summed E-state index contributed by atoms with van der Waals surface area (Å²) in [6.07, 6.45) is 3.22. The van der Waals surface area contributed by atoms with Gasteiger partial charge >= 0.3 is 0 Å². The van der Waals surface area contributed by atoms with Crippen molar-refractivity contribution in [2.45, 2.75) is 19.3 Å². The number of fused-ring (bicyclic) bond motifs is 1. The molecule has 0 unspecified atom stereocenters. The number of ether oxygens (including phenoxy) is 1. The van der Waals surface area contributed by atoms with Crippen LogP contribution >= 0.6 is 12.6 Å². The zero-order valence-electron chi connectivity index (χ0n) is 9.76. The van der Waals surface area contributed by atoms with Crippen molar-refractivity contribution in [3.05, 3.63) is 24.3 Å². The maximum Gasteiger partial charge on any atom is 0.265 e. The molecule has 0 N–H and O–H groups in total. The number of anilines is 1. The van der Waals surface area contributed by atoms with E-state index in [1.54, 1.807) is 0 Å². The number of rotatable bonds is 5. The maximum atomic E-state index is 11.8. The van der Waals surface area contributed by atoms with Crippen LogP contribution in [0.4, 0.5) is 5.69 Å². The van der Waals surface area contributed by atoms with Crippen LogP contribution in [0.2, 0.25) is 0 Å². The molecule has 2 rings (SSSR count). The molecule has 0 saturated carbocycles. The number of para-hydroxylation sites is 2. The molecular weight excluding hydrogens is 234 g/mol. The summed E-state index contributed by atoms with van der Waals surface area (Å²) >= 11 is 4.18. The Morgan fingerprint density at radius 3 is 2.88 bits per heavy atom. The highest BCUT2D eigenvalue weighted by Gasteiger charge is 2.24. The van der Waals surface area contributed by atoms with Crippen LogP contribution in [0.25, 0.3) is 0 Å². The Bertz CT molecular complexity index is 395. The van der Waals surface area contributed by atoms with Crippen LogP contribution < -0.4 is 9.64 Å². The van der Waals surface area contributed by atoms with Crippen molar-refractivity contribution in [1.82, 2.24) is 0 Å². The summed E-state index contributed by atoms with van der Waals surface area (Å²) < 4.78 is 5.39. The largest absolute Gasteiger partial charge is 0.482 e. The van der Waals surface area contributed by atoms with E-state index in [9.17, 15) is 4.79 Å². The minimum absolute atomic E-state index is 0.0505. The summed E-state index contributed by atoms with van der Waals surface area (Å²) in [6.45, 7) is 0.927. The van der Waals surface area contributed by atoms with E-state index in [0.29, 0.717) is 0 Å². The van der Waals surface area contributed by atoms with Gasteiger partial charge in [-0.3, -0.25) is 4.79 Å². The average Bonchev–Trinajstić information content (AvgIpc) is 2.37. The molecule has 0 aromatic heterocycles. The van der Waals surface area contributed by atoms with Crippen LogP contribution in [-0.2, 0) is 4.79 Å². The molecule has 1 amide bonds. The number of carbonyl (C=O) groups is 1. The number of thiol groups is 1. The zero-order valence-corrected chi connectivity index (χ0v) is 10.7. The van der Waals surface area contributed by atoms with Gasteiger partial charge in [-0.1, -0.05) is 18.6 Å². The standard InChI is InChI=1S/C13H17NO2S/c15-13-10-16-12-7-3-2-6-11(12)14(13)8-4-1-5-9-17/h2-3,6-7,17H,1,4-5,8-10H2. The molecule has 0 saturated heterocycles. The minimum Gasteiger partial charge on any atom is -0.482 e. The van der Waals surface area contributed by atoms with Crippen LogP contribution in [0.15, 0.2) is 24.3 Å². The summed E-state index contributed by atoms with van der Waals surface area (Å²) in [5, 5.41) is 0. The van der Waals surface area contributed by atoms with Gasteiger partial charge in [0.2, 0.25) is 0 Å². The van der Waals surface area contributed by atoms with E-state index in [-0.39, 0.29) is 12.5 Å². The maximum absolute atomic E-state index is 11.8. The molecule has 0 fully saturated rings. The lowest BCUT2D eigenvalue weighted by Gasteiger charge is -2.29. The Morgan fingerprint density at radius 1 is 1.24 bits per heavy atom. The molecule has 1 aromatic carbocycles. The number of hydrogen-bond acceptors (Lipinski definition) is 3. The lowest BCUT2D eigenvalue weighted by molar-refractivity contribution is -0.121. The normalized spacial score (nSPS) is 14.4. The van der Waals surface area contributed by atoms with Crippen LogP contribution in [0.3, 0.4) is 0 Å². The van der Waals surface area contributed by atoms with Crippen LogP contribution in [0, 0.1) is 0 Å². The van der Waals surface area contributed by atoms with Crippen molar-refractivity contribution in [3.63, 3.8) is 0 Å².